The molecule has 2 aliphatic rings. The second kappa shape index (κ2) is 13.7. The Balaban J connectivity index is 1.37. The molecule has 1 amide bonds. The van der Waals surface area contributed by atoms with Gasteiger partial charge < -0.3 is 19.3 Å². The van der Waals surface area contributed by atoms with Crippen LogP contribution in [-0.4, -0.2) is 46.8 Å². The van der Waals surface area contributed by atoms with Gasteiger partial charge in [-0.3, -0.25) is 14.5 Å². The Morgan fingerprint density at radius 3 is 2.64 bits per heavy atom. The van der Waals surface area contributed by atoms with Crippen LogP contribution in [0.25, 0.3) is 5.76 Å². The highest BCUT2D eigenvalue weighted by atomic mass is 32.2. The minimum absolute atomic E-state index is 0.0875. The number of thioether (sulfide) groups is 1. The Morgan fingerprint density at radius 2 is 1.84 bits per heavy atom. The molecule has 0 spiro atoms. The van der Waals surface area contributed by atoms with Crippen molar-refractivity contribution in [3.05, 3.63) is 94.8 Å². The largest absolute Gasteiger partial charge is 0.507 e. The molecule has 0 aliphatic carbocycles. The van der Waals surface area contributed by atoms with Gasteiger partial charge in [0.25, 0.3) is 5.78 Å². The number of carbonyl (C=O) groups excluding carboxylic acids is 2. The number of aromatic nitrogens is 2. The van der Waals surface area contributed by atoms with Crippen LogP contribution in [-0.2, 0) is 15.3 Å². The first-order valence-electron chi connectivity index (χ1n) is 14.6. The SMILES string of the molecule is CCCCCOc1cccc(C2C(=C(O)c3ccc4c(c3)OCCO4)C(=O)C(=O)N2c2nnc(SCc3ccc(F)cc3)s2)c1. The molecule has 1 saturated heterocycles. The zero-order valence-electron chi connectivity index (χ0n) is 24.4. The molecule has 6 rings (SSSR count). The van der Waals surface area contributed by atoms with Gasteiger partial charge in [-0.15, -0.1) is 10.2 Å². The zero-order valence-corrected chi connectivity index (χ0v) is 26.0. The van der Waals surface area contributed by atoms with Gasteiger partial charge in [-0.25, -0.2) is 4.39 Å². The van der Waals surface area contributed by atoms with Crippen LogP contribution in [0.2, 0.25) is 0 Å². The number of halogens is 1. The average molecular weight is 648 g/mol. The van der Waals surface area contributed by atoms with E-state index in [1.807, 2.05) is 6.07 Å². The molecule has 0 bridgehead atoms. The molecule has 1 aromatic heterocycles. The number of anilines is 1. The predicted molar refractivity (Wildman–Crippen MR) is 170 cm³/mol. The smallest absolute Gasteiger partial charge is 0.301 e. The number of ketones is 1. The second-order valence-corrected chi connectivity index (χ2v) is 12.6. The van der Waals surface area contributed by atoms with Gasteiger partial charge in [-0.05, 0) is 60.0 Å². The summed E-state index contributed by atoms with van der Waals surface area (Å²) in [5.74, 6) is -0.281. The number of ether oxygens (including phenoxy) is 3. The summed E-state index contributed by atoms with van der Waals surface area (Å²) in [6.07, 6.45) is 2.99. The maximum Gasteiger partial charge on any atom is 0.301 e. The lowest BCUT2D eigenvalue weighted by Gasteiger charge is -2.23. The fourth-order valence-electron chi connectivity index (χ4n) is 5.09. The minimum atomic E-state index is -1.000. The number of aliphatic hydroxyl groups excluding tert-OH is 1. The zero-order chi connectivity index (χ0) is 31.3. The quantitative estimate of drug-likeness (QED) is 0.0462. The first kappa shape index (κ1) is 30.6. The van der Waals surface area contributed by atoms with Crippen molar-refractivity contribution in [2.45, 2.75) is 42.3 Å². The Morgan fingerprint density at radius 1 is 1.04 bits per heavy atom. The highest BCUT2D eigenvalue weighted by Crippen LogP contribution is 2.45. The standard InChI is InChI=1S/C33H30FN3O6S2/c1-2-3-4-14-41-24-7-5-6-21(17-24)28-27(29(38)22-10-13-25-26(18-22)43-16-15-42-25)30(39)31(40)37(28)32-35-36-33(45-32)44-19-20-8-11-23(34)12-9-20/h5-13,17-18,28,38H,2-4,14-16,19H2,1H3. The van der Waals surface area contributed by atoms with E-state index in [1.54, 1.807) is 48.5 Å². The van der Waals surface area contributed by atoms with E-state index in [4.69, 9.17) is 14.2 Å². The normalized spacial score (nSPS) is 17.1. The van der Waals surface area contributed by atoms with Gasteiger partial charge in [-0.2, -0.15) is 0 Å². The van der Waals surface area contributed by atoms with E-state index in [0.29, 0.717) is 58.3 Å². The average Bonchev–Trinajstić information content (AvgIpc) is 3.64. The van der Waals surface area contributed by atoms with Crippen LogP contribution in [0.1, 0.15) is 48.9 Å². The van der Waals surface area contributed by atoms with Gasteiger partial charge >= 0.3 is 5.91 Å². The molecule has 3 heterocycles. The maximum atomic E-state index is 13.7. The van der Waals surface area contributed by atoms with Gasteiger partial charge in [0, 0.05) is 11.3 Å². The molecule has 9 nitrogen and oxygen atoms in total. The van der Waals surface area contributed by atoms with Crippen LogP contribution in [0.3, 0.4) is 0 Å². The summed E-state index contributed by atoms with van der Waals surface area (Å²) in [5, 5.41) is 20.3. The van der Waals surface area contributed by atoms with Crippen molar-refractivity contribution in [1.82, 2.24) is 10.2 Å². The third-order valence-corrected chi connectivity index (χ3v) is 9.45. The van der Waals surface area contributed by atoms with Crippen molar-refractivity contribution >= 4 is 45.7 Å². The topological polar surface area (TPSA) is 111 Å². The summed E-state index contributed by atoms with van der Waals surface area (Å²) >= 11 is 2.54. The highest BCUT2D eigenvalue weighted by molar-refractivity contribution is 8.00. The molecule has 0 saturated carbocycles. The molecule has 232 valence electrons. The third kappa shape index (κ3) is 6.66. The Kier molecular flexibility index (Phi) is 9.31. The van der Waals surface area contributed by atoms with Crippen LogP contribution in [0.15, 0.2) is 76.6 Å². The van der Waals surface area contributed by atoms with E-state index in [0.717, 1.165) is 36.2 Å². The first-order chi connectivity index (χ1) is 21.9. The van der Waals surface area contributed by atoms with E-state index in [9.17, 15) is 19.1 Å². The molecule has 2 aliphatic heterocycles. The number of unbranched alkanes of at least 4 members (excludes halogenated alkanes) is 2. The first-order valence-corrected chi connectivity index (χ1v) is 16.4. The lowest BCUT2D eigenvalue weighted by atomic mass is 9.95. The lowest BCUT2D eigenvalue weighted by molar-refractivity contribution is -0.132. The number of rotatable bonds is 11. The molecule has 1 unspecified atom stereocenters. The molecular weight excluding hydrogens is 618 g/mol. The second-order valence-electron chi connectivity index (χ2n) is 10.4. The van der Waals surface area contributed by atoms with Crippen LogP contribution >= 0.6 is 23.1 Å². The van der Waals surface area contributed by atoms with Crippen LogP contribution in [0.4, 0.5) is 9.52 Å². The molecule has 3 aromatic carbocycles. The fourth-order valence-corrected chi connectivity index (χ4v) is 6.92. The molecule has 1 fully saturated rings. The number of carbonyl (C=O) groups is 2. The van der Waals surface area contributed by atoms with Crippen LogP contribution < -0.4 is 19.1 Å². The number of hydrogen-bond acceptors (Lipinski definition) is 10. The van der Waals surface area contributed by atoms with Crippen LogP contribution in [0, 0.1) is 5.82 Å². The van der Waals surface area contributed by atoms with Gasteiger partial charge in [0.05, 0.1) is 18.2 Å². The number of nitrogens with zero attached hydrogens (tertiary/aromatic N) is 3. The summed E-state index contributed by atoms with van der Waals surface area (Å²) in [7, 11) is 0. The summed E-state index contributed by atoms with van der Waals surface area (Å²) in [6, 6.07) is 17.2. The van der Waals surface area contributed by atoms with Gasteiger partial charge in [0.15, 0.2) is 15.8 Å². The number of benzene rings is 3. The molecule has 0 radical (unpaired) electrons. The van der Waals surface area contributed by atoms with Crippen molar-refractivity contribution < 1.29 is 33.3 Å². The molecule has 45 heavy (non-hydrogen) atoms. The van der Waals surface area contributed by atoms with Crippen molar-refractivity contribution in [2.75, 3.05) is 24.7 Å². The number of Topliss-reactive ketones (excluding diaryl/α,β-unsaturated/α-hetero) is 1. The Bertz CT molecular complexity index is 1740. The lowest BCUT2D eigenvalue weighted by Crippen LogP contribution is -2.29. The van der Waals surface area contributed by atoms with E-state index >= 15 is 0 Å². The van der Waals surface area contributed by atoms with Crippen LogP contribution in [0.5, 0.6) is 17.2 Å². The number of hydrogen-bond donors (Lipinski definition) is 1. The van der Waals surface area contributed by atoms with Gasteiger partial charge in [-0.1, -0.05) is 67.1 Å². The maximum absolute atomic E-state index is 13.7. The van der Waals surface area contributed by atoms with E-state index < -0.39 is 17.7 Å². The third-order valence-electron chi connectivity index (χ3n) is 7.33. The minimum Gasteiger partial charge on any atom is -0.507 e. The van der Waals surface area contributed by atoms with Gasteiger partial charge in [0.2, 0.25) is 5.13 Å². The number of aliphatic hydroxyl groups is 1. The monoisotopic (exact) mass is 647 g/mol. The van der Waals surface area contributed by atoms with E-state index in [-0.39, 0.29) is 22.3 Å². The van der Waals surface area contributed by atoms with Crippen molar-refractivity contribution in [2.24, 2.45) is 0 Å². The molecular formula is C33H30FN3O6S2. The number of fused-ring (bicyclic) bond motifs is 1. The highest BCUT2D eigenvalue weighted by Gasteiger charge is 2.48. The molecule has 4 aromatic rings. The van der Waals surface area contributed by atoms with E-state index in [1.165, 1.54) is 28.8 Å². The summed E-state index contributed by atoms with van der Waals surface area (Å²) in [6.45, 7) is 3.41. The Hall–Kier alpha value is -4.42. The van der Waals surface area contributed by atoms with Gasteiger partial charge in [0.1, 0.15) is 30.5 Å². The number of amides is 1. The van der Waals surface area contributed by atoms with E-state index in [2.05, 4.69) is 17.1 Å². The Labute approximate surface area is 267 Å². The predicted octanol–water partition coefficient (Wildman–Crippen LogP) is 6.94. The summed E-state index contributed by atoms with van der Waals surface area (Å²) < 4.78 is 31.2. The summed E-state index contributed by atoms with van der Waals surface area (Å²) in [4.78, 5) is 28.6. The van der Waals surface area contributed by atoms with Crippen molar-refractivity contribution in [1.29, 1.82) is 0 Å². The molecule has 1 N–H and O–H groups in total. The fraction of sp³-hybridized carbons (Fsp3) is 0.273. The molecule has 12 heteroatoms. The molecule has 1 atom stereocenters. The summed E-state index contributed by atoms with van der Waals surface area (Å²) in [5.41, 5.74) is 1.68. The van der Waals surface area contributed by atoms with Crippen molar-refractivity contribution in [3.8, 4) is 17.2 Å². The van der Waals surface area contributed by atoms with Crippen molar-refractivity contribution in [3.63, 3.8) is 0 Å².